The molecular weight excluding hydrogens is 670 g/mol. The van der Waals surface area contributed by atoms with Crippen molar-refractivity contribution in [2.24, 2.45) is 0 Å². The molecule has 0 atom stereocenters. The van der Waals surface area contributed by atoms with E-state index in [0.717, 1.165) is 16.7 Å². The molecule has 0 aliphatic heterocycles. The molecule has 0 aliphatic carbocycles. The van der Waals surface area contributed by atoms with Crippen LogP contribution in [0.25, 0.3) is 17.2 Å². The number of carbonyl (C=O) groups excluding carboxylic acids is 1. The van der Waals surface area contributed by atoms with Gasteiger partial charge in [-0.05, 0) is 68.4 Å². The second kappa shape index (κ2) is 9.70. The Balaban J connectivity index is 2.15. The van der Waals surface area contributed by atoms with Crippen molar-refractivity contribution in [3.8, 4) is 11.1 Å². The molecule has 0 aliphatic rings. The molecule has 1 N–H and O–H groups in total. The molecular formula is C19H14F4I2O5S. The monoisotopic (exact) mass is 684 g/mol. The third kappa shape index (κ3) is 5.76. The van der Waals surface area contributed by atoms with Crippen LogP contribution in [0.1, 0.15) is 22.3 Å². The standard InChI is InChI=1S/C19H14F4I2O5S/c1-2-11-3-5-12(6-4-11)16-14(24)9-13(10-15(16)25)17(26)30-8-7-18(20,21)19(22,23)31(27,28)29/h2-6,9-10H,1,7-8H2,(H,27,28,29). The van der Waals surface area contributed by atoms with Crippen molar-refractivity contribution in [3.63, 3.8) is 0 Å². The van der Waals surface area contributed by atoms with Gasteiger partial charge in [-0.2, -0.15) is 26.0 Å². The molecule has 0 unspecified atom stereocenters. The van der Waals surface area contributed by atoms with Crippen LogP contribution in [0.15, 0.2) is 43.0 Å². The van der Waals surface area contributed by atoms with Crippen LogP contribution in [0.4, 0.5) is 17.6 Å². The third-order valence-electron chi connectivity index (χ3n) is 4.11. The summed E-state index contributed by atoms with van der Waals surface area (Å²) in [5, 5.41) is -5.71. The lowest BCUT2D eigenvalue weighted by molar-refractivity contribution is -0.168. The van der Waals surface area contributed by atoms with Crippen LogP contribution in [0, 0.1) is 7.14 Å². The number of ether oxygens (including phenoxy) is 1. The Kier molecular flexibility index (Phi) is 8.14. The van der Waals surface area contributed by atoms with E-state index in [4.69, 9.17) is 4.55 Å². The number of carbonyl (C=O) groups is 1. The topological polar surface area (TPSA) is 80.7 Å². The van der Waals surface area contributed by atoms with Crippen molar-refractivity contribution in [3.05, 3.63) is 61.2 Å². The summed E-state index contributed by atoms with van der Waals surface area (Å²) in [4.78, 5) is 12.2. The Morgan fingerprint density at radius 2 is 1.61 bits per heavy atom. The third-order valence-corrected chi connectivity index (χ3v) is 6.76. The van der Waals surface area contributed by atoms with Crippen LogP contribution in [-0.4, -0.2) is 36.7 Å². The predicted octanol–water partition coefficient (Wildman–Crippen LogP) is 5.87. The van der Waals surface area contributed by atoms with E-state index in [-0.39, 0.29) is 5.56 Å². The first kappa shape index (κ1) is 26.0. The lowest BCUT2D eigenvalue weighted by Crippen LogP contribution is -2.47. The van der Waals surface area contributed by atoms with Gasteiger partial charge in [-0.25, -0.2) is 4.79 Å². The van der Waals surface area contributed by atoms with E-state index in [9.17, 15) is 30.8 Å². The zero-order valence-corrected chi connectivity index (χ0v) is 20.6. The fourth-order valence-corrected chi connectivity index (χ4v) is 5.31. The van der Waals surface area contributed by atoms with Crippen LogP contribution in [-0.2, 0) is 14.9 Å². The first-order valence-corrected chi connectivity index (χ1v) is 11.9. The highest BCUT2D eigenvalue weighted by molar-refractivity contribution is 14.1. The molecule has 31 heavy (non-hydrogen) atoms. The number of rotatable bonds is 8. The summed E-state index contributed by atoms with van der Waals surface area (Å²) in [5.41, 5.74) is 2.62. The van der Waals surface area contributed by atoms with E-state index < -0.39 is 40.3 Å². The molecule has 2 rings (SSSR count). The molecule has 0 radical (unpaired) electrons. The van der Waals surface area contributed by atoms with Gasteiger partial charge >= 0.3 is 27.3 Å². The first-order chi connectivity index (χ1) is 14.2. The Morgan fingerprint density at radius 1 is 1.10 bits per heavy atom. The number of hydrogen-bond acceptors (Lipinski definition) is 4. The van der Waals surface area contributed by atoms with E-state index in [0.29, 0.717) is 7.14 Å². The van der Waals surface area contributed by atoms with E-state index in [1.54, 1.807) is 6.08 Å². The van der Waals surface area contributed by atoms with Gasteiger partial charge in [-0.15, -0.1) is 0 Å². The molecule has 168 valence electrons. The van der Waals surface area contributed by atoms with E-state index in [1.165, 1.54) is 12.1 Å². The maximum atomic E-state index is 13.5. The number of benzene rings is 2. The predicted molar refractivity (Wildman–Crippen MR) is 124 cm³/mol. The van der Waals surface area contributed by atoms with Crippen LogP contribution >= 0.6 is 45.2 Å². The van der Waals surface area contributed by atoms with Gasteiger partial charge in [0.05, 0.1) is 18.6 Å². The maximum absolute atomic E-state index is 13.5. The summed E-state index contributed by atoms with van der Waals surface area (Å²) in [6.07, 6.45) is -0.109. The van der Waals surface area contributed by atoms with Gasteiger partial charge in [0.2, 0.25) is 0 Å². The summed E-state index contributed by atoms with van der Waals surface area (Å²) in [5.74, 6) is -6.18. The molecule has 0 saturated carbocycles. The van der Waals surface area contributed by atoms with Gasteiger partial charge in [0.1, 0.15) is 0 Å². The Hall–Kier alpha value is -1.26. The zero-order valence-electron chi connectivity index (χ0n) is 15.4. The van der Waals surface area contributed by atoms with Gasteiger partial charge in [0.15, 0.2) is 0 Å². The van der Waals surface area contributed by atoms with E-state index >= 15 is 0 Å². The highest BCUT2D eigenvalue weighted by Gasteiger charge is 2.65. The first-order valence-electron chi connectivity index (χ1n) is 8.33. The van der Waals surface area contributed by atoms with Crippen molar-refractivity contribution in [2.75, 3.05) is 6.61 Å². The molecule has 12 heteroatoms. The fourth-order valence-electron chi connectivity index (χ4n) is 2.44. The highest BCUT2D eigenvalue weighted by Crippen LogP contribution is 2.40. The van der Waals surface area contributed by atoms with Crippen LogP contribution in [0.2, 0.25) is 0 Å². The van der Waals surface area contributed by atoms with E-state index in [2.05, 4.69) is 11.3 Å². The lowest BCUT2D eigenvalue weighted by atomic mass is 10.0. The number of alkyl halides is 4. The second-order valence-electron chi connectivity index (χ2n) is 6.22. The smallest absolute Gasteiger partial charge is 0.431 e. The molecule has 0 spiro atoms. The molecule has 0 fully saturated rings. The molecule has 0 amide bonds. The van der Waals surface area contributed by atoms with E-state index in [1.807, 2.05) is 69.4 Å². The molecule has 5 nitrogen and oxygen atoms in total. The Labute approximate surface area is 202 Å². The number of hydrogen-bond donors (Lipinski definition) is 1. The second-order valence-corrected chi connectivity index (χ2v) is 10.0. The molecule has 2 aromatic rings. The molecule has 2 aromatic carbocycles. The fraction of sp³-hybridized carbons (Fsp3) is 0.211. The minimum atomic E-state index is -6.34. The lowest BCUT2D eigenvalue weighted by Gasteiger charge is -2.23. The summed E-state index contributed by atoms with van der Waals surface area (Å²) >= 11 is 3.98. The normalized spacial score (nSPS) is 12.5. The Morgan fingerprint density at radius 3 is 2.06 bits per heavy atom. The summed E-state index contributed by atoms with van der Waals surface area (Å²) in [6.45, 7) is 2.49. The van der Waals surface area contributed by atoms with Gasteiger partial charge < -0.3 is 4.74 Å². The summed E-state index contributed by atoms with van der Waals surface area (Å²) in [6, 6.07) is 10.4. The Bertz CT molecular complexity index is 1080. The van der Waals surface area contributed by atoms with Gasteiger partial charge in [-0.1, -0.05) is 36.9 Å². The molecule has 0 bridgehead atoms. The van der Waals surface area contributed by atoms with Gasteiger partial charge in [0.25, 0.3) is 0 Å². The van der Waals surface area contributed by atoms with Crippen LogP contribution < -0.4 is 0 Å². The van der Waals surface area contributed by atoms with Crippen LogP contribution in [0.3, 0.4) is 0 Å². The van der Waals surface area contributed by atoms with Gasteiger partial charge in [0, 0.05) is 12.7 Å². The average molecular weight is 684 g/mol. The molecule has 0 saturated heterocycles. The van der Waals surface area contributed by atoms with Crippen molar-refractivity contribution in [1.82, 2.24) is 0 Å². The summed E-state index contributed by atoms with van der Waals surface area (Å²) in [7, 11) is -6.34. The highest BCUT2D eigenvalue weighted by atomic mass is 127. The SMILES string of the molecule is C=Cc1ccc(-c2c(I)cc(C(=O)OCCC(F)(F)C(F)(F)S(=O)(=O)O)cc2I)cc1. The maximum Gasteiger partial charge on any atom is 0.431 e. The zero-order chi connectivity index (χ0) is 23.6. The minimum Gasteiger partial charge on any atom is -0.462 e. The van der Waals surface area contributed by atoms with Crippen molar-refractivity contribution < 1.29 is 40.1 Å². The summed E-state index contributed by atoms with van der Waals surface area (Å²) < 4.78 is 88.5. The largest absolute Gasteiger partial charge is 0.462 e. The van der Waals surface area contributed by atoms with Gasteiger partial charge in [-0.3, -0.25) is 4.55 Å². The minimum absolute atomic E-state index is 0.00474. The average Bonchev–Trinajstić information content (AvgIpc) is 2.66. The van der Waals surface area contributed by atoms with Crippen molar-refractivity contribution in [1.29, 1.82) is 0 Å². The quantitative estimate of drug-likeness (QED) is 0.163. The number of halogens is 6. The van der Waals surface area contributed by atoms with Crippen molar-refractivity contribution >= 4 is 67.3 Å². The molecule has 0 heterocycles. The molecule has 0 aromatic heterocycles. The van der Waals surface area contributed by atoms with Crippen LogP contribution in [0.5, 0.6) is 0 Å². The number of esters is 1. The van der Waals surface area contributed by atoms with Crippen molar-refractivity contribution in [2.45, 2.75) is 17.6 Å².